The predicted molar refractivity (Wildman–Crippen MR) is 409 cm³/mol. The molecule has 0 bridgehead atoms. The lowest BCUT2D eigenvalue weighted by atomic mass is 10.0. The fourth-order valence-corrected chi connectivity index (χ4v) is 13.9. The summed E-state index contributed by atoms with van der Waals surface area (Å²) in [6, 6.07) is 0. The normalized spacial score (nSPS) is 13.9. The summed E-state index contributed by atoms with van der Waals surface area (Å²) in [5, 5.41) is 10.6. The number of hydrogen-bond donors (Lipinski definition) is 3. The molecule has 0 amide bonds. The molecule has 0 aromatic rings. The van der Waals surface area contributed by atoms with Gasteiger partial charge in [-0.2, -0.15) is 0 Å². The average molecular weight is 1460 g/mol. The number of esters is 4. The van der Waals surface area contributed by atoms with Gasteiger partial charge in [0.25, 0.3) is 0 Å². The quantitative estimate of drug-likeness (QED) is 0.0169. The van der Waals surface area contributed by atoms with E-state index in [0.29, 0.717) is 25.7 Å². The van der Waals surface area contributed by atoms with E-state index < -0.39 is 97.5 Å². The number of phosphoric ester groups is 2. The lowest BCUT2D eigenvalue weighted by Gasteiger charge is -2.21. The van der Waals surface area contributed by atoms with Crippen LogP contribution in [0.1, 0.15) is 426 Å². The Balaban J connectivity index is 5.29. The number of phosphoric acid groups is 2. The smallest absolute Gasteiger partial charge is 0.462 e. The molecule has 592 valence electrons. The fraction of sp³-hybridized carbons (Fsp3) is 0.926. The van der Waals surface area contributed by atoms with Gasteiger partial charge in [-0.3, -0.25) is 37.3 Å². The second-order valence-corrected chi connectivity index (χ2v) is 31.7. The average Bonchev–Trinajstić information content (AvgIpc) is 1.01. The lowest BCUT2D eigenvalue weighted by molar-refractivity contribution is -0.161. The number of rotatable bonds is 81. The molecule has 0 aliphatic carbocycles. The van der Waals surface area contributed by atoms with Gasteiger partial charge in [0.05, 0.1) is 26.4 Å². The van der Waals surface area contributed by atoms with Crippen LogP contribution in [0, 0.1) is 0 Å². The Kier molecular flexibility index (Phi) is 73.4. The van der Waals surface area contributed by atoms with Crippen molar-refractivity contribution in [2.75, 3.05) is 39.6 Å². The monoisotopic (exact) mass is 1460 g/mol. The number of hydrogen-bond acceptors (Lipinski definition) is 15. The molecular formula is C81H156O17P2. The van der Waals surface area contributed by atoms with Crippen molar-refractivity contribution in [3.8, 4) is 0 Å². The first-order valence-corrected chi connectivity index (χ1v) is 44.9. The summed E-state index contributed by atoms with van der Waals surface area (Å²) in [4.78, 5) is 73.1. The second kappa shape index (κ2) is 75.0. The number of aliphatic hydroxyl groups is 1. The Morgan fingerprint density at radius 3 is 0.690 bits per heavy atom. The van der Waals surface area contributed by atoms with Gasteiger partial charge in [0.2, 0.25) is 0 Å². The van der Waals surface area contributed by atoms with E-state index >= 15 is 0 Å². The van der Waals surface area contributed by atoms with E-state index in [2.05, 4.69) is 39.8 Å². The highest BCUT2D eigenvalue weighted by Gasteiger charge is 2.30. The SMILES string of the molecule is CCCCCCCC/C=C\CCCCCCCC(=O)OC[C@H](COP(=O)(O)OC[C@@H](O)COP(=O)(O)OC[C@@H](COC(=O)CCCCCCCCCCCCCCCCC)OC(=O)CCCCCCCCCCCCCCCCC)OC(=O)CCCCCCCCCCCCCCCCC. The predicted octanol–water partition coefficient (Wildman–Crippen LogP) is 24.3. The van der Waals surface area contributed by atoms with E-state index in [1.165, 1.54) is 238 Å². The van der Waals surface area contributed by atoms with Crippen molar-refractivity contribution in [1.29, 1.82) is 0 Å². The number of allylic oxidation sites excluding steroid dienone is 2. The van der Waals surface area contributed by atoms with Gasteiger partial charge in [-0.25, -0.2) is 9.13 Å². The number of aliphatic hydroxyl groups excluding tert-OH is 1. The summed E-state index contributed by atoms with van der Waals surface area (Å²) in [7, 11) is -9.93. The van der Waals surface area contributed by atoms with Crippen LogP contribution in [0.5, 0.6) is 0 Å². The van der Waals surface area contributed by atoms with Crippen molar-refractivity contribution >= 4 is 39.5 Å². The number of carbonyl (C=O) groups is 4. The summed E-state index contributed by atoms with van der Waals surface area (Å²) in [5.74, 6) is -2.12. The van der Waals surface area contributed by atoms with Gasteiger partial charge in [-0.15, -0.1) is 0 Å². The summed E-state index contributed by atoms with van der Waals surface area (Å²) in [6.45, 7) is 5.01. The van der Waals surface area contributed by atoms with Crippen LogP contribution in [0.25, 0.3) is 0 Å². The van der Waals surface area contributed by atoms with Crippen LogP contribution in [0.15, 0.2) is 12.2 Å². The Bertz CT molecular complexity index is 1940. The fourth-order valence-electron chi connectivity index (χ4n) is 12.3. The number of unbranched alkanes of at least 4 members (excludes halogenated alkanes) is 53. The molecule has 0 spiro atoms. The van der Waals surface area contributed by atoms with E-state index in [-0.39, 0.29) is 25.7 Å². The van der Waals surface area contributed by atoms with Crippen molar-refractivity contribution in [3.63, 3.8) is 0 Å². The molecule has 0 fully saturated rings. The zero-order chi connectivity index (χ0) is 73.2. The summed E-state index contributed by atoms with van der Waals surface area (Å²) in [5.41, 5.74) is 0. The highest BCUT2D eigenvalue weighted by Crippen LogP contribution is 2.45. The molecule has 0 aromatic carbocycles. The lowest BCUT2D eigenvalue weighted by Crippen LogP contribution is -2.30. The van der Waals surface area contributed by atoms with Crippen LogP contribution >= 0.6 is 15.6 Å². The summed E-state index contributed by atoms with van der Waals surface area (Å²) in [6.07, 6.45) is 68.8. The van der Waals surface area contributed by atoms with E-state index in [0.717, 1.165) is 109 Å². The standard InChI is InChI=1S/C81H156O17P2/c1-5-9-13-17-21-25-29-33-37-41-45-49-53-57-61-65-78(83)91-71-76(97-80(85)67-63-59-55-51-47-43-39-35-31-27-23-19-15-11-7-3)73-95-99(87,88)93-69-75(82)70-94-100(89,90)96-74-77(98-81(86)68-64-60-56-52-48-44-40-36-32-28-24-20-16-12-8-4)72-92-79(84)66-62-58-54-50-46-42-38-34-30-26-22-18-14-10-6-2/h33,37,75-77,82H,5-32,34-36,38-74H2,1-4H3,(H,87,88)(H,89,90)/b37-33-/t75-,76-,77-/m1/s1. The third kappa shape index (κ3) is 74.1. The summed E-state index contributed by atoms with van der Waals surface area (Å²) < 4.78 is 68.8. The van der Waals surface area contributed by atoms with Crippen molar-refractivity contribution in [1.82, 2.24) is 0 Å². The van der Waals surface area contributed by atoms with Crippen LogP contribution in [0.3, 0.4) is 0 Å². The van der Waals surface area contributed by atoms with Crippen molar-refractivity contribution in [2.24, 2.45) is 0 Å². The van der Waals surface area contributed by atoms with E-state index in [4.69, 9.17) is 37.0 Å². The van der Waals surface area contributed by atoms with Crippen LogP contribution in [-0.4, -0.2) is 96.7 Å². The van der Waals surface area contributed by atoms with Gasteiger partial charge in [0, 0.05) is 25.7 Å². The molecule has 17 nitrogen and oxygen atoms in total. The third-order valence-corrected chi connectivity index (χ3v) is 20.7. The van der Waals surface area contributed by atoms with Crippen LogP contribution < -0.4 is 0 Å². The topological polar surface area (TPSA) is 237 Å². The van der Waals surface area contributed by atoms with E-state index in [1.807, 2.05) is 0 Å². The molecule has 0 saturated carbocycles. The molecule has 0 aliphatic rings. The molecule has 0 heterocycles. The van der Waals surface area contributed by atoms with Crippen LogP contribution in [0.2, 0.25) is 0 Å². The first-order valence-electron chi connectivity index (χ1n) is 41.9. The maximum atomic E-state index is 13.1. The first-order chi connectivity index (χ1) is 48.7. The van der Waals surface area contributed by atoms with Crippen molar-refractivity contribution in [3.05, 3.63) is 12.2 Å². The molecule has 2 unspecified atom stereocenters. The summed E-state index contributed by atoms with van der Waals surface area (Å²) >= 11 is 0. The largest absolute Gasteiger partial charge is 0.472 e. The maximum Gasteiger partial charge on any atom is 0.472 e. The minimum atomic E-state index is -4.96. The zero-order valence-corrected chi connectivity index (χ0v) is 66.7. The molecule has 0 aliphatic heterocycles. The van der Waals surface area contributed by atoms with E-state index in [9.17, 15) is 43.2 Å². The van der Waals surface area contributed by atoms with Crippen LogP contribution in [0.4, 0.5) is 0 Å². The Morgan fingerprint density at radius 1 is 0.270 bits per heavy atom. The van der Waals surface area contributed by atoms with Gasteiger partial charge in [0.15, 0.2) is 12.2 Å². The molecular weight excluding hydrogens is 1310 g/mol. The second-order valence-electron chi connectivity index (χ2n) is 28.8. The maximum absolute atomic E-state index is 13.1. The highest BCUT2D eigenvalue weighted by atomic mass is 31.2. The number of ether oxygens (including phenoxy) is 4. The Labute approximate surface area is 612 Å². The third-order valence-electron chi connectivity index (χ3n) is 18.8. The molecule has 5 atom stereocenters. The van der Waals surface area contributed by atoms with Crippen LogP contribution in [-0.2, 0) is 65.4 Å². The molecule has 0 aromatic heterocycles. The van der Waals surface area contributed by atoms with Gasteiger partial charge in [0.1, 0.15) is 19.3 Å². The van der Waals surface area contributed by atoms with Crippen molar-refractivity contribution < 1.29 is 80.2 Å². The Hall–Kier alpha value is -2.20. The molecule has 0 radical (unpaired) electrons. The molecule has 100 heavy (non-hydrogen) atoms. The van der Waals surface area contributed by atoms with Gasteiger partial charge in [-0.1, -0.05) is 361 Å². The van der Waals surface area contributed by atoms with Gasteiger partial charge >= 0.3 is 39.5 Å². The van der Waals surface area contributed by atoms with Gasteiger partial charge < -0.3 is 33.8 Å². The molecule has 19 heteroatoms. The molecule has 0 saturated heterocycles. The Morgan fingerprint density at radius 2 is 0.460 bits per heavy atom. The number of carbonyl (C=O) groups excluding carboxylic acids is 4. The first kappa shape index (κ1) is 97.8. The minimum absolute atomic E-state index is 0.105. The minimum Gasteiger partial charge on any atom is -0.462 e. The molecule has 3 N–H and O–H groups in total. The molecule has 0 rings (SSSR count). The van der Waals surface area contributed by atoms with E-state index in [1.54, 1.807) is 0 Å². The van der Waals surface area contributed by atoms with Crippen molar-refractivity contribution in [2.45, 2.75) is 444 Å². The zero-order valence-electron chi connectivity index (χ0n) is 64.9. The van der Waals surface area contributed by atoms with Gasteiger partial charge in [-0.05, 0) is 51.4 Å². The highest BCUT2D eigenvalue weighted by molar-refractivity contribution is 7.47.